The molecular weight excluding hydrogens is 419 g/mol. The zero-order valence-corrected chi connectivity index (χ0v) is 16.7. The minimum Gasteiger partial charge on any atom is -0.324 e. The van der Waals surface area contributed by atoms with Gasteiger partial charge < -0.3 is 5.32 Å². The molecule has 9 nitrogen and oxygen atoms in total. The van der Waals surface area contributed by atoms with Gasteiger partial charge in [-0.25, -0.2) is 9.29 Å². The van der Waals surface area contributed by atoms with Gasteiger partial charge in [-0.05, 0) is 43.7 Å². The fourth-order valence-electron chi connectivity index (χ4n) is 6.18. The number of halogens is 1. The number of nitro benzene ring substituents is 1. The first-order chi connectivity index (χ1) is 15.4. The Morgan fingerprint density at radius 2 is 1.94 bits per heavy atom. The molecule has 0 aliphatic carbocycles. The van der Waals surface area contributed by atoms with Crippen molar-refractivity contribution in [3.8, 4) is 0 Å². The highest BCUT2D eigenvalue weighted by Gasteiger charge is 2.74. The third-order valence-corrected chi connectivity index (χ3v) is 7.25. The Morgan fingerprint density at radius 3 is 2.72 bits per heavy atom. The first-order valence-corrected chi connectivity index (χ1v) is 10.4. The van der Waals surface area contributed by atoms with Gasteiger partial charge in [0.05, 0.1) is 22.4 Å². The molecule has 0 unspecified atom stereocenters. The van der Waals surface area contributed by atoms with Crippen molar-refractivity contribution < 1.29 is 23.7 Å². The molecule has 4 aliphatic heterocycles. The number of hydrogen-bond acceptors (Lipinski definition) is 6. The molecule has 4 atom stereocenters. The van der Waals surface area contributed by atoms with E-state index in [4.69, 9.17) is 0 Å². The maximum atomic E-state index is 14.3. The van der Waals surface area contributed by atoms with E-state index >= 15 is 0 Å². The summed E-state index contributed by atoms with van der Waals surface area (Å²) in [6.07, 6.45) is 1.37. The summed E-state index contributed by atoms with van der Waals surface area (Å²) in [7, 11) is 0. The van der Waals surface area contributed by atoms with Crippen molar-refractivity contribution in [2.24, 2.45) is 11.8 Å². The second-order valence-corrected chi connectivity index (χ2v) is 8.61. The van der Waals surface area contributed by atoms with Crippen LogP contribution in [0.2, 0.25) is 0 Å². The van der Waals surface area contributed by atoms with Gasteiger partial charge in [0, 0.05) is 29.4 Å². The Hall–Kier alpha value is -3.66. The van der Waals surface area contributed by atoms with Crippen molar-refractivity contribution in [1.82, 2.24) is 4.90 Å². The lowest BCUT2D eigenvalue weighted by Gasteiger charge is -2.36. The predicted octanol–water partition coefficient (Wildman–Crippen LogP) is 2.17. The van der Waals surface area contributed by atoms with Gasteiger partial charge in [-0.3, -0.25) is 29.4 Å². The van der Waals surface area contributed by atoms with Crippen LogP contribution in [-0.4, -0.2) is 40.1 Å². The number of non-ortho nitro benzene ring substituents is 1. The topological polar surface area (TPSA) is 113 Å². The molecule has 162 valence electrons. The summed E-state index contributed by atoms with van der Waals surface area (Å²) < 4.78 is 14.3. The summed E-state index contributed by atoms with van der Waals surface area (Å²) in [6.45, 7) is 0.512. The molecule has 3 amide bonds. The van der Waals surface area contributed by atoms with Gasteiger partial charge in [0.1, 0.15) is 11.4 Å². The highest BCUT2D eigenvalue weighted by molar-refractivity contribution is 6.25. The molecule has 2 aromatic rings. The molecule has 4 heterocycles. The van der Waals surface area contributed by atoms with Crippen molar-refractivity contribution in [2.45, 2.75) is 24.4 Å². The molecule has 4 aliphatic rings. The van der Waals surface area contributed by atoms with Gasteiger partial charge in [0.2, 0.25) is 17.7 Å². The smallest absolute Gasteiger partial charge is 0.271 e. The number of imide groups is 1. The summed E-state index contributed by atoms with van der Waals surface area (Å²) in [6, 6.07) is 8.95. The maximum absolute atomic E-state index is 14.3. The first kappa shape index (κ1) is 19.1. The summed E-state index contributed by atoms with van der Waals surface area (Å²) in [5.74, 6) is -3.88. The predicted molar refractivity (Wildman–Crippen MR) is 109 cm³/mol. The van der Waals surface area contributed by atoms with Crippen molar-refractivity contribution in [3.63, 3.8) is 0 Å². The highest BCUT2D eigenvalue weighted by Crippen LogP contribution is 2.60. The Kier molecular flexibility index (Phi) is 3.69. The number of anilines is 2. The second kappa shape index (κ2) is 6.19. The molecule has 1 N–H and O–H groups in total. The van der Waals surface area contributed by atoms with E-state index in [1.807, 2.05) is 4.90 Å². The number of benzene rings is 2. The van der Waals surface area contributed by atoms with Gasteiger partial charge in [0.15, 0.2) is 0 Å². The van der Waals surface area contributed by atoms with Crippen LogP contribution in [0, 0.1) is 27.8 Å². The number of nitrogens with one attached hydrogen (secondary N) is 1. The average Bonchev–Trinajstić information content (AvgIpc) is 3.46. The second-order valence-electron chi connectivity index (χ2n) is 8.61. The number of nitro groups is 1. The van der Waals surface area contributed by atoms with Crippen LogP contribution in [0.5, 0.6) is 0 Å². The lowest BCUT2D eigenvalue weighted by molar-refractivity contribution is -0.384. The molecule has 0 saturated carbocycles. The molecule has 2 aromatic carbocycles. The van der Waals surface area contributed by atoms with E-state index in [-0.39, 0.29) is 17.4 Å². The number of nitrogens with zero attached hydrogens (tertiary/aromatic N) is 3. The maximum Gasteiger partial charge on any atom is 0.271 e. The van der Waals surface area contributed by atoms with Crippen LogP contribution < -0.4 is 10.2 Å². The van der Waals surface area contributed by atoms with E-state index in [0.29, 0.717) is 24.2 Å². The van der Waals surface area contributed by atoms with Crippen LogP contribution in [-0.2, 0) is 19.9 Å². The zero-order chi connectivity index (χ0) is 22.4. The number of fused-ring (bicyclic) bond motifs is 7. The summed E-state index contributed by atoms with van der Waals surface area (Å²) in [5.41, 5.74) is -0.837. The first-order valence-electron chi connectivity index (χ1n) is 10.4. The fraction of sp³-hybridized carbons (Fsp3) is 0.318. The van der Waals surface area contributed by atoms with Crippen molar-refractivity contribution >= 4 is 34.8 Å². The molecule has 10 heteroatoms. The monoisotopic (exact) mass is 436 g/mol. The van der Waals surface area contributed by atoms with Crippen molar-refractivity contribution in [3.05, 3.63) is 64.0 Å². The summed E-state index contributed by atoms with van der Waals surface area (Å²) in [5, 5.41) is 14.0. The minimum absolute atomic E-state index is 0.0983. The van der Waals surface area contributed by atoms with Crippen LogP contribution in [0.3, 0.4) is 0 Å². The van der Waals surface area contributed by atoms with Gasteiger partial charge in [0.25, 0.3) is 5.69 Å². The fourth-order valence-corrected chi connectivity index (χ4v) is 6.18. The van der Waals surface area contributed by atoms with E-state index in [2.05, 4.69) is 5.32 Å². The van der Waals surface area contributed by atoms with Gasteiger partial charge >= 0.3 is 0 Å². The van der Waals surface area contributed by atoms with Gasteiger partial charge in [-0.1, -0.05) is 6.07 Å². The molecule has 0 aromatic heterocycles. The van der Waals surface area contributed by atoms with Crippen LogP contribution in [0.25, 0.3) is 0 Å². The van der Waals surface area contributed by atoms with Crippen molar-refractivity contribution in [2.75, 3.05) is 16.8 Å². The largest absolute Gasteiger partial charge is 0.324 e. The Bertz CT molecular complexity index is 1250. The lowest BCUT2D eigenvalue weighted by Crippen LogP contribution is -2.54. The Morgan fingerprint density at radius 1 is 1.12 bits per heavy atom. The quantitative estimate of drug-likeness (QED) is 0.439. The van der Waals surface area contributed by atoms with E-state index in [0.717, 1.165) is 11.3 Å². The van der Waals surface area contributed by atoms with Gasteiger partial charge in [-0.15, -0.1) is 0 Å². The molecule has 6 rings (SSSR count). The minimum atomic E-state index is -1.48. The standard InChI is InChI=1S/C22H17FN4O5/c23-11-6-7-15-14(9-11)22(21(30)24-15)18-17(16-5-2-8-25(16)22)19(28)26(20(18)29)12-3-1-4-13(10-12)27(31)32/h1,3-4,6-7,9-10,16-18H,2,5,8H2,(H,24,30)/t16-,17-,18+,22-/m1/s1. The number of carbonyl (C=O) groups excluding carboxylic acids is 3. The van der Waals surface area contributed by atoms with Crippen molar-refractivity contribution in [1.29, 1.82) is 0 Å². The SMILES string of the molecule is O=C1[C@@H]2[C@H]3CCCN3[C@@]3(C(=O)Nc4ccc(F)cc43)[C@@H]2C(=O)N1c1cccc([N+](=O)[O-])c1. The summed E-state index contributed by atoms with van der Waals surface area (Å²) in [4.78, 5) is 54.2. The molecule has 32 heavy (non-hydrogen) atoms. The van der Waals surface area contributed by atoms with E-state index in [1.54, 1.807) is 0 Å². The normalized spacial score (nSPS) is 30.6. The Labute approximate surface area is 180 Å². The highest BCUT2D eigenvalue weighted by atomic mass is 19.1. The molecule has 0 radical (unpaired) electrons. The third kappa shape index (κ3) is 2.12. The number of amides is 3. The van der Waals surface area contributed by atoms with E-state index in [1.165, 1.54) is 42.5 Å². The lowest BCUT2D eigenvalue weighted by atomic mass is 9.75. The molecule has 1 spiro atoms. The van der Waals surface area contributed by atoms with E-state index < -0.39 is 45.8 Å². The zero-order valence-electron chi connectivity index (χ0n) is 16.7. The Balaban J connectivity index is 1.54. The van der Waals surface area contributed by atoms with E-state index in [9.17, 15) is 28.9 Å². The molecule has 3 saturated heterocycles. The number of hydrogen-bond donors (Lipinski definition) is 1. The molecule has 3 fully saturated rings. The van der Waals surface area contributed by atoms with Crippen LogP contribution in [0.4, 0.5) is 21.5 Å². The van der Waals surface area contributed by atoms with Crippen LogP contribution in [0.15, 0.2) is 42.5 Å². The number of carbonyl (C=O) groups is 3. The van der Waals surface area contributed by atoms with Crippen LogP contribution >= 0.6 is 0 Å². The average molecular weight is 436 g/mol. The van der Waals surface area contributed by atoms with Crippen LogP contribution in [0.1, 0.15) is 18.4 Å². The van der Waals surface area contributed by atoms with Gasteiger partial charge in [-0.2, -0.15) is 0 Å². The molecule has 0 bridgehead atoms. The number of rotatable bonds is 2. The summed E-state index contributed by atoms with van der Waals surface area (Å²) >= 11 is 0. The molecular formula is C22H17FN4O5. The third-order valence-electron chi connectivity index (χ3n) is 7.25.